The Labute approximate surface area is 130 Å². The average Bonchev–Trinajstić information content (AvgIpc) is 2.81. The Morgan fingerprint density at radius 2 is 2.23 bits per heavy atom. The van der Waals surface area contributed by atoms with Crippen molar-refractivity contribution in [2.45, 2.75) is 32.1 Å². The van der Waals surface area contributed by atoms with Crippen LogP contribution >= 0.6 is 0 Å². The Morgan fingerprint density at radius 1 is 1.45 bits per heavy atom. The van der Waals surface area contributed by atoms with Gasteiger partial charge in [0.25, 0.3) is 0 Å². The molecule has 0 N–H and O–H groups in total. The van der Waals surface area contributed by atoms with E-state index in [0.29, 0.717) is 6.54 Å². The van der Waals surface area contributed by atoms with Gasteiger partial charge in [0, 0.05) is 30.9 Å². The number of piperidine rings is 1. The summed E-state index contributed by atoms with van der Waals surface area (Å²) < 4.78 is 1.83. The van der Waals surface area contributed by atoms with Gasteiger partial charge in [0.1, 0.15) is 0 Å². The van der Waals surface area contributed by atoms with Crippen LogP contribution in [0.1, 0.15) is 31.2 Å². The summed E-state index contributed by atoms with van der Waals surface area (Å²) in [6.45, 7) is 9.26. The summed E-state index contributed by atoms with van der Waals surface area (Å²) in [6, 6.07) is 4.18. The SMILES string of the molecule is C=CC(=O)N1CCCC(C)(c2ccc3c(C)nn(C)c3n2)C1. The first kappa shape index (κ1) is 14.8. The zero-order valence-electron chi connectivity index (χ0n) is 13.5. The molecule has 3 rings (SSSR count). The van der Waals surface area contributed by atoms with Gasteiger partial charge < -0.3 is 4.90 Å². The predicted octanol–water partition coefficient (Wildman–Crippen LogP) is 2.34. The zero-order valence-corrected chi connectivity index (χ0v) is 13.5. The van der Waals surface area contributed by atoms with Gasteiger partial charge in [-0.05, 0) is 38.0 Å². The van der Waals surface area contributed by atoms with E-state index in [1.807, 2.05) is 23.6 Å². The molecule has 3 heterocycles. The Balaban J connectivity index is 1.99. The molecule has 2 aromatic heterocycles. The van der Waals surface area contributed by atoms with Crippen molar-refractivity contribution in [1.29, 1.82) is 0 Å². The molecule has 2 aromatic rings. The third kappa shape index (κ3) is 2.30. The number of carbonyl (C=O) groups excluding carboxylic acids is 1. The monoisotopic (exact) mass is 298 g/mol. The summed E-state index contributed by atoms with van der Waals surface area (Å²) in [6.07, 6.45) is 3.41. The molecule has 5 nitrogen and oxygen atoms in total. The van der Waals surface area contributed by atoms with Crippen LogP contribution in [0.4, 0.5) is 0 Å². The lowest BCUT2D eigenvalue weighted by Crippen LogP contribution is -2.46. The number of hydrogen-bond acceptors (Lipinski definition) is 3. The van der Waals surface area contributed by atoms with E-state index in [4.69, 9.17) is 4.98 Å². The molecule has 116 valence electrons. The van der Waals surface area contributed by atoms with E-state index in [9.17, 15) is 4.79 Å². The number of carbonyl (C=O) groups is 1. The van der Waals surface area contributed by atoms with Crippen LogP contribution in [0, 0.1) is 6.92 Å². The molecule has 1 unspecified atom stereocenters. The second-order valence-electron chi connectivity index (χ2n) is 6.40. The van der Waals surface area contributed by atoms with Crippen LogP contribution in [0.15, 0.2) is 24.8 Å². The molecule has 1 aliphatic rings. The predicted molar refractivity (Wildman–Crippen MR) is 86.6 cm³/mol. The van der Waals surface area contributed by atoms with Gasteiger partial charge in [0.15, 0.2) is 5.65 Å². The van der Waals surface area contributed by atoms with Gasteiger partial charge >= 0.3 is 0 Å². The van der Waals surface area contributed by atoms with Crippen molar-refractivity contribution in [2.24, 2.45) is 7.05 Å². The second-order valence-corrected chi connectivity index (χ2v) is 6.40. The Kier molecular flexibility index (Phi) is 3.51. The van der Waals surface area contributed by atoms with Gasteiger partial charge in [-0.1, -0.05) is 13.5 Å². The molecule has 1 amide bonds. The fraction of sp³-hybridized carbons (Fsp3) is 0.471. The van der Waals surface area contributed by atoms with E-state index >= 15 is 0 Å². The molecule has 1 atom stereocenters. The normalized spacial score (nSPS) is 22.0. The van der Waals surface area contributed by atoms with E-state index in [0.717, 1.165) is 41.8 Å². The van der Waals surface area contributed by atoms with Crippen LogP contribution in [-0.4, -0.2) is 38.7 Å². The number of likely N-dealkylation sites (tertiary alicyclic amines) is 1. The van der Waals surface area contributed by atoms with Crippen molar-refractivity contribution < 1.29 is 4.79 Å². The summed E-state index contributed by atoms with van der Waals surface area (Å²) in [5, 5.41) is 5.52. The van der Waals surface area contributed by atoms with E-state index in [1.165, 1.54) is 6.08 Å². The van der Waals surface area contributed by atoms with Crippen molar-refractivity contribution in [2.75, 3.05) is 13.1 Å². The largest absolute Gasteiger partial charge is 0.338 e. The molecule has 1 fully saturated rings. The van der Waals surface area contributed by atoms with Crippen molar-refractivity contribution in [3.63, 3.8) is 0 Å². The number of hydrogen-bond donors (Lipinski definition) is 0. The Hall–Kier alpha value is -2.17. The molecule has 0 radical (unpaired) electrons. The van der Waals surface area contributed by atoms with E-state index in [1.54, 1.807) is 0 Å². The molecule has 0 aliphatic carbocycles. The third-order valence-corrected chi connectivity index (χ3v) is 4.67. The van der Waals surface area contributed by atoms with Crippen molar-refractivity contribution in [3.8, 4) is 0 Å². The van der Waals surface area contributed by atoms with Gasteiger partial charge in [0.2, 0.25) is 5.91 Å². The highest BCUT2D eigenvalue weighted by Gasteiger charge is 2.35. The first-order valence-electron chi connectivity index (χ1n) is 7.67. The number of nitrogens with zero attached hydrogens (tertiary/aromatic N) is 4. The standard InChI is InChI=1S/C17H22N4O/c1-5-15(22)21-10-6-9-17(3,11-21)14-8-7-13-12(2)19-20(4)16(13)18-14/h5,7-8H,1,6,9-11H2,2-4H3. The maximum atomic E-state index is 11.9. The lowest BCUT2D eigenvalue weighted by Gasteiger charge is -2.39. The number of fused-ring (bicyclic) bond motifs is 1. The average molecular weight is 298 g/mol. The fourth-order valence-electron chi connectivity index (χ4n) is 3.41. The van der Waals surface area contributed by atoms with E-state index in [-0.39, 0.29) is 11.3 Å². The van der Waals surface area contributed by atoms with Gasteiger partial charge in [-0.2, -0.15) is 5.10 Å². The molecule has 0 bridgehead atoms. The lowest BCUT2D eigenvalue weighted by atomic mass is 9.78. The number of amides is 1. The van der Waals surface area contributed by atoms with Crippen LogP contribution in [0.2, 0.25) is 0 Å². The van der Waals surface area contributed by atoms with Gasteiger partial charge in [-0.15, -0.1) is 0 Å². The van der Waals surface area contributed by atoms with Gasteiger partial charge in [-0.3, -0.25) is 9.48 Å². The minimum absolute atomic E-state index is 0.00313. The summed E-state index contributed by atoms with van der Waals surface area (Å²) >= 11 is 0. The number of pyridine rings is 1. The molecule has 5 heteroatoms. The first-order valence-corrected chi connectivity index (χ1v) is 7.67. The molecular formula is C17H22N4O. The molecule has 0 saturated carbocycles. The molecule has 22 heavy (non-hydrogen) atoms. The summed E-state index contributed by atoms with van der Waals surface area (Å²) in [4.78, 5) is 18.6. The molecular weight excluding hydrogens is 276 g/mol. The van der Waals surface area contributed by atoms with E-state index in [2.05, 4.69) is 30.7 Å². The van der Waals surface area contributed by atoms with Crippen LogP contribution in [0.3, 0.4) is 0 Å². The van der Waals surface area contributed by atoms with Crippen molar-refractivity contribution in [1.82, 2.24) is 19.7 Å². The summed E-state index contributed by atoms with van der Waals surface area (Å²) in [5.74, 6) is 0.00313. The third-order valence-electron chi connectivity index (χ3n) is 4.67. The maximum absolute atomic E-state index is 11.9. The first-order chi connectivity index (χ1) is 10.4. The maximum Gasteiger partial charge on any atom is 0.245 e. The molecule has 0 aromatic carbocycles. The van der Waals surface area contributed by atoms with Gasteiger partial charge in [0.05, 0.1) is 11.4 Å². The number of aromatic nitrogens is 3. The molecule has 0 spiro atoms. The minimum Gasteiger partial charge on any atom is -0.338 e. The highest BCUT2D eigenvalue weighted by atomic mass is 16.2. The van der Waals surface area contributed by atoms with E-state index < -0.39 is 0 Å². The number of aryl methyl sites for hydroxylation is 2. The van der Waals surface area contributed by atoms with Crippen molar-refractivity contribution >= 4 is 16.9 Å². The van der Waals surface area contributed by atoms with Crippen LogP contribution in [-0.2, 0) is 17.3 Å². The molecule has 1 aliphatic heterocycles. The zero-order chi connectivity index (χ0) is 15.9. The Morgan fingerprint density at radius 3 is 2.95 bits per heavy atom. The van der Waals surface area contributed by atoms with Crippen LogP contribution in [0.25, 0.3) is 11.0 Å². The minimum atomic E-state index is -0.122. The van der Waals surface area contributed by atoms with Crippen LogP contribution in [0.5, 0.6) is 0 Å². The summed E-state index contributed by atoms with van der Waals surface area (Å²) in [7, 11) is 1.92. The topological polar surface area (TPSA) is 51.0 Å². The second kappa shape index (κ2) is 5.23. The van der Waals surface area contributed by atoms with Crippen molar-refractivity contribution in [3.05, 3.63) is 36.2 Å². The quantitative estimate of drug-likeness (QED) is 0.800. The van der Waals surface area contributed by atoms with Crippen LogP contribution < -0.4 is 0 Å². The highest BCUT2D eigenvalue weighted by molar-refractivity contribution is 5.87. The Bertz CT molecular complexity index is 748. The highest BCUT2D eigenvalue weighted by Crippen LogP contribution is 2.33. The molecule has 1 saturated heterocycles. The smallest absolute Gasteiger partial charge is 0.245 e. The summed E-state index contributed by atoms with van der Waals surface area (Å²) in [5.41, 5.74) is 2.81. The lowest BCUT2D eigenvalue weighted by molar-refractivity contribution is -0.128. The van der Waals surface area contributed by atoms with Gasteiger partial charge in [-0.25, -0.2) is 4.98 Å². The number of rotatable bonds is 2. The fourth-order valence-corrected chi connectivity index (χ4v) is 3.41.